The van der Waals surface area contributed by atoms with Crippen LogP contribution < -0.4 is 4.90 Å². The first-order valence-corrected chi connectivity index (χ1v) is 6.54. The Balaban J connectivity index is 1.99. The minimum absolute atomic E-state index is 0.138. The van der Waals surface area contributed by atoms with Gasteiger partial charge in [-0.05, 0) is 25.0 Å². The Labute approximate surface area is 113 Å². The van der Waals surface area contributed by atoms with Gasteiger partial charge in [0.05, 0.1) is 5.02 Å². The molecule has 2 heterocycles. The van der Waals surface area contributed by atoms with Crippen molar-refractivity contribution in [1.82, 2.24) is 9.88 Å². The molecule has 1 fully saturated rings. The molecule has 0 aliphatic carbocycles. The van der Waals surface area contributed by atoms with E-state index in [1.807, 2.05) is 26.2 Å². The first-order chi connectivity index (χ1) is 8.59. The molecule has 0 spiro atoms. The van der Waals surface area contributed by atoms with Crippen LogP contribution in [-0.2, 0) is 4.79 Å². The highest BCUT2D eigenvalue weighted by molar-refractivity contribution is 6.32. The maximum Gasteiger partial charge on any atom is 0.225 e. The van der Waals surface area contributed by atoms with Crippen LogP contribution in [0.2, 0.25) is 5.02 Å². The molecule has 1 aliphatic rings. The van der Waals surface area contributed by atoms with E-state index < -0.39 is 0 Å². The molecule has 1 aromatic heterocycles. The number of nitrogens with zero attached hydrogens (tertiary/aromatic N) is 3. The topological polar surface area (TPSA) is 36.4 Å². The standard InChI is InChI=1S/C13H18ClN3O/c1-16(2)13(18)10-5-8-17(9-6-10)12-11(14)4-3-7-15-12/h3-4,7,10H,5-6,8-9H2,1-2H3. The molecule has 0 bridgehead atoms. The molecule has 0 aromatic carbocycles. The van der Waals surface area contributed by atoms with Crippen molar-refractivity contribution in [2.45, 2.75) is 12.8 Å². The molecule has 0 N–H and O–H groups in total. The highest BCUT2D eigenvalue weighted by Gasteiger charge is 2.27. The first-order valence-electron chi connectivity index (χ1n) is 6.16. The highest BCUT2D eigenvalue weighted by atomic mass is 35.5. The minimum Gasteiger partial charge on any atom is -0.355 e. The third-order valence-corrected chi connectivity index (χ3v) is 3.62. The zero-order chi connectivity index (χ0) is 13.1. The van der Waals surface area contributed by atoms with Crippen LogP contribution in [0.5, 0.6) is 0 Å². The Morgan fingerprint density at radius 3 is 2.67 bits per heavy atom. The van der Waals surface area contributed by atoms with Crippen LogP contribution in [0.4, 0.5) is 5.82 Å². The van der Waals surface area contributed by atoms with E-state index in [4.69, 9.17) is 11.6 Å². The number of anilines is 1. The fraction of sp³-hybridized carbons (Fsp3) is 0.538. The summed E-state index contributed by atoms with van der Waals surface area (Å²) in [6, 6.07) is 3.68. The van der Waals surface area contributed by atoms with Crippen molar-refractivity contribution in [1.29, 1.82) is 0 Å². The van der Waals surface area contributed by atoms with Crippen molar-refractivity contribution >= 4 is 23.3 Å². The normalized spacial score (nSPS) is 16.7. The second-order valence-corrected chi connectivity index (χ2v) is 5.21. The second-order valence-electron chi connectivity index (χ2n) is 4.80. The molecule has 1 aromatic rings. The second kappa shape index (κ2) is 5.57. The quantitative estimate of drug-likeness (QED) is 0.823. The third kappa shape index (κ3) is 2.75. The van der Waals surface area contributed by atoms with Gasteiger partial charge < -0.3 is 9.80 Å². The number of hydrogen-bond donors (Lipinski definition) is 0. The number of pyridine rings is 1. The molecule has 4 nitrogen and oxygen atoms in total. The molecule has 1 amide bonds. The Kier molecular flexibility index (Phi) is 4.07. The van der Waals surface area contributed by atoms with Crippen LogP contribution in [0, 0.1) is 5.92 Å². The lowest BCUT2D eigenvalue weighted by molar-refractivity contribution is -0.133. The Hall–Kier alpha value is -1.29. The lowest BCUT2D eigenvalue weighted by Gasteiger charge is -2.33. The lowest BCUT2D eigenvalue weighted by Crippen LogP contribution is -2.40. The first kappa shape index (κ1) is 13.1. The van der Waals surface area contributed by atoms with E-state index in [0.29, 0.717) is 5.02 Å². The lowest BCUT2D eigenvalue weighted by atomic mass is 9.95. The molecule has 1 saturated heterocycles. The van der Waals surface area contributed by atoms with E-state index in [0.717, 1.165) is 31.7 Å². The molecular formula is C13H18ClN3O. The van der Waals surface area contributed by atoms with Crippen LogP contribution >= 0.6 is 11.6 Å². The predicted octanol–water partition coefficient (Wildman–Crippen LogP) is 2.04. The van der Waals surface area contributed by atoms with Gasteiger partial charge in [0.15, 0.2) is 0 Å². The van der Waals surface area contributed by atoms with E-state index >= 15 is 0 Å². The summed E-state index contributed by atoms with van der Waals surface area (Å²) in [5.74, 6) is 1.19. The molecule has 2 rings (SSSR count). The van der Waals surface area contributed by atoms with Gasteiger partial charge in [-0.15, -0.1) is 0 Å². The summed E-state index contributed by atoms with van der Waals surface area (Å²) in [6.07, 6.45) is 3.48. The molecule has 0 radical (unpaired) electrons. The smallest absolute Gasteiger partial charge is 0.225 e. The number of rotatable bonds is 2. The Morgan fingerprint density at radius 2 is 2.11 bits per heavy atom. The van der Waals surface area contributed by atoms with E-state index in [2.05, 4.69) is 9.88 Å². The average molecular weight is 268 g/mol. The number of amides is 1. The Morgan fingerprint density at radius 1 is 1.44 bits per heavy atom. The number of aromatic nitrogens is 1. The highest BCUT2D eigenvalue weighted by Crippen LogP contribution is 2.27. The maximum absolute atomic E-state index is 11.9. The molecule has 18 heavy (non-hydrogen) atoms. The van der Waals surface area contributed by atoms with Crippen LogP contribution in [0.15, 0.2) is 18.3 Å². The van der Waals surface area contributed by atoms with Gasteiger partial charge in [0, 0.05) is 39.3 Å². The zero-order valence-corrected chi connectivity index (χ0v) is 11.5. The summed E-state index contributed by atoms with van der Waals surface area (Å²) >= 11 is 6.13. The van der Waals surface area contributed by atoms with Gasteiger partial charge >= 0.3 is 0 Å². The van der Waals surface area contributed by atoms with Crippen molar-refractivity contribution in [2.75, 3.05) is 32.1 Å². The van der Waals surface area contributed by atoms with Crippen molar-refractivity contribution < 1.29 is 4.79 Å². The fourth-order valence-electron chi connectivity index (χ4n) is 2.31. The molecule has 0 atom stereocenters. The average Bonchev–Trinajstić information content (AvgIpc) is 2.38. The maximum atomic E-state index is 11.9. The van der Waals surface area contributed by atoms with Crippen molar-refractivity contribution in [3.05, 3.63) is 23.4 Å². The van der Waals surface area contributed by atoms with Crippen LogP contribution in [-0.4, -0.2) is 43.0 Å². The summed E-state index contributed by atoms with van der Waals surface area (Å²) < 4.78 is 0. The number of hydrogen-bond acceptors (Lipinski definition) is 3. The van der Waals surface area contributed by atoms with Gasteiger partial charge in [-0.2, -0.15) is 0 Å². The third-order valence-electron chi connectivity index (χ3n) is 3.32. The number of halogens is 1. The largest absolute Gasteiger partial charge is 0.355 e. The summed E-state index contributed by atoms with van der Waals surface area (Å²) in [5, 5.41) is 0.676. The number of piperidine rings is 1. The van der Waals surface area contributed by atoms with Crippen LogP contribution in [0.25, 0.3) is 0 Å². The fourth-order valence-corrected chi connectivity index (χ4v) is 2.55. The number of carbonyl (C=O) groups is 1. The van der Waals surface area contributed by atoms with Crippen LogP contribution in [0.3, 0.4) is 0 Å². The van der Waals surface area contributed by atoms with E-state index in [9.17, 15) is 4.79 Å². The zero-order valence-electron chi connectivity index (χ0n) is 10.8. The van der Waals surface area contributed by atoms with Gasteiger partial charge in [0.2, 0.25) is 5.91 Å². The summed E-state index contributed by atoms with van der Waals surface area (Å²) in [5.41, 5.74) is 0. The van der Waals surface area contributed by atoms with E-state index in [1.54, 1.807) is 11.1 Å². The Bertz CT molecular complexity index is 428. The van der Waals surface area contributed by atoms with E-state index in [1.165, 1.54) is 0 Å². The summed E-state index contributed by atoms with van der Waals surface area (Å²) in [4.78, 5) is 20.0. The summed E-state index contributed by atoms with van der Waals surface area (Å²) in [6.45, 7) is 1.67. The van der Waals surface area contributed by atoms with Gasteiger partial charge in [-0.25, -0.2) is 4.98 Å². The van der Waals surface area contributed by atoms with Gasteiger partial charge in [-0.3, -0.25) is 4.79 Å². The molecule has 1 aliphatic heterocycles. The van der Waals surface area contributed by atoms with Crippen molar-refractivity contribution in [3.8, 4) is 0 Å². The molecule has 5 heteroatoms. The SMILES string of the molecule is CN(C)C(=O)C1CCN(c2ncccc2Cl)CC1. The van der Waals surface area contributed by atoms with Gasteiger partial charge in [0.25, 0.3) is 0 Å². The number of carbonyl (C=O) groups excluding carboxylic acids is 1. The molecule has 0 unspecified atom stereocenters. The van der Waals surface area contributed by atoms with Gasteiger partial charge in [0.1, 0.15) is 5.82 Å². The molecule has 98 valence electrons. The molecule has 0 saturated carbocycles. The van der Waals surface area contributed by atoms with E-state index in [-0.39, 0.29) is 11.8 Å². The minimum atomic E-state index is 0.138. The van der Waals surface area contributed by atoms with Gasteiger partial charge in [-0.1, -0.05) is 11.6 Å². The summed E-state index contributed by atoms with van der Waals surface area (Å²) in [7, 11) is 3.62. The monoisotopic (exact) mass is 267 g/mol. The van der Waals surface area contributed by atoms with Crippen LogP contribution in [0.1, 0.15) is 12.8 Å². The predicted molar refractivity (Wildman–Crippen MR) is 72.9 cm³/mol. The van der Waals surface area contributed by atoms with Crippen molar-refractivity contribution in [2.24, 2.45) is 5.92 Å². The van der Waals surface area contributed by atoms with Crippen molar-refractivity contribution in [3.63, 3.8) is 0 Å². The molecular weight excluding hydrogens is 250 g/mol.